The molecule has 2 rings (SSSR count). The van der Waals surface area contributed by atoms with Crippen molar-refractivity contribution >= 4 is 33.5 Å². The maximum atomic E-state index is 12.1. The number of hydrogen-bond acceptors (Lipinski definition) is 3. The van der Waals surface area contributed by atoms with Crippen LogP contribution in [0.5, 0.6) is 0 Å². The van der Waals surface area contributed by atoms with E-state index in [1.807, 2.05) is 6.92 Å². The third-order valence-electron chi connectivity index (χ3n) is 3.46. The quantitative estimate of drug-likeness (QED) is 0.837. The van der Waals surface area contributed by atoms with Crippen molar-refractivity contribution in [3.8, 4) is 0 Å². The number of hydrogen-bond donors (Lipinski definition) is 2. The van der Waals surface area contributed by atoms with Gasteiger partial charge in [-0.15, -0.1) is 0 Å². The van der Waals surface area contributed by atoms with Crippen LogP contribution in [0.1, 0.15) is 25.0 Å². The van der Waals surface area contributed by atoms with Gasteiger partial charge in [0, 0.05) is 5.92 Å². The summed E-state index contributed by atoms with van der Waals surface area (Å²) < 4.78 is 0.717. The third kappa shape index (κ3) is 3.32. The molecule has 6 heteroatoms. The van der Waals surface area contributed by atoms with Crippen LogP contribution in [0, 0.1) is 18.8 Å². The monoisotopic (exact) mass is 326 g/mol. The first kappa shape index (κ1) is 14.0. The fraction of sp³-hybridized carbons (Fsp3) is 0.462. The van der Waals surface area contributed by atoms with Crippen LogP contribution < -0.4 is 5.32 Å². The van der Waals surface area contributed by atoms with Crippen molar-refractivity contribution in [2.45, 2.75) is 26.2 Å². The number of aliphatic carboxylic acids is 1. The maximum absolute atomic E-state index is 12.1. The lowest BCUT2D eigenvalue weighted by molar-refractivity contribution is -0.141. The summed E-state index contributed by atoms with van der Waals surface area (Å²) in [5, 5.41) is 11.8. The summed E-state index contributed by atoms with van der Waals surface area (Å²) >= 11 is 3.26. The highest BCUT2D eigenvalue weighted by Gasteiger charge is 2.33. The molecule has 0 radical (unpaired) electrons. The van der Waals surface area contributed by atoms with Gasteiger partial charge in [-0.05, 0) is 54.2 Å². The summed E-state index contributed by atoms with van der Waals surface area (Å²) in [5.74, 6) is -1.53. The second kappa shape index (κ2) is 5.69. The molecule has 1 aromatic heterocycles. The standard InChI is InChI=1S/C13H15BrN2O3/c1-7-10(4-5-11(14)15-7)16-12(17)8-2-3-9(6-8)13(18)19/h4-5,8-9H,2-3,6H2,1H3,(H,16,17)(H,18,19). The number of amides is 1. The predicted octanol–water partition coefficient (Wildman–Crippen LogP) is 2.59. The lowest BCUT2D eigenvalue weighted by atomic mass is 10.0. The summed E-state index contributed by atoms with van der Waals surface area (Å²) in [7, 11) is 0. The molecule has 0 spiro atoms. The number of pyridine rings is 1. The molecular weight excluding hydrogens is 312 g/mol. The van der Waals surface area contributed by atoms with Crippen LogP contribution in [-0.4, -0.2) is 22.0 Å². The van der Waals surface area contributed by atoms with Gasteiger partial charge in [-0.25, -0.2) is 4.98 Å². The lowest BCUT2D eigenvalue weighted by Gasteiger charge is -2.12. The minimum atomic E-state index is -0.809. The highest BCUT2D eigenvalue weighted by Crippen LogP contribution is 2.32. The third-order valence-corrected chi connectivity index (χ3v) is 3.90. The molecule has 5 nitrogen and oxygen atoms in total. The van der Waals surface area contributed by atoms with Crippen molar-refractivity contribution in [3.05, 3.63) is 22.4 Å². The SMILES string of the molecule is Cc1nc(Br)ccc1NC(=O)C1CCC(C(=O)O)C1. The van der Waals surface area contributed by atoms with E-state index in [1.165, 1.54) is 0 Å². The Kier molecular flexibility index (Phi) is 4.19. The van der Waals surface area contributed by atoms with Crippen molar-refractivity contribution in [2.75, 3.05) is 5.32 Å². The van der Waals surface area contributed by atoms with Crippen LogP contribution in [0.3, 0.4) is 0 Å². The Morgan fingerprint density at radius 3 is 2.63 bits per heavy atom. The second-order valence-corrected chi connectivity index (χ2v) is 5.61. The number of anilines is 1. The van der Waals surface area contributed by atoms with Gasteiger partial charge in [-0.2, -0.15) is 0 Å². The molecule has 2 unspecified atom stereocenters. The largest absolute Gasteiger partial charge is 0.481 e. The van der Waals surface area contributed by atoms with Gasteiger partial charge in [0.2, 0.25) is 5.91 Å². The van der Waals surface area contributed by atoms with E-state index in [0.29, 0.717) is 24.9 Å². The molecule has 1 fully saturated rings. The minimum Gasteiger partial charge on any atom is -0.481 e. The number of halogens is 1. The Balaban J connectivity index is 2.00. The molecule has 1 aliphatic rings. The zero-order valence-corrected chi connectivity index (χ0v) is 12.1. The first-order valence-electron chi connectivity index (χ1n) is 6.14. The zero-order valence-electron chi connectivity index (χ0n) is 10.5. The molecule has 2 atom stereocenters. The highest BCUT2D eigenvalue weighted by molar-refractivity contribution is 9.10. The lowest BCUT2D eigenvalue weighted by Crippen LogP contribution is -2.22. The van der Waals surface area contributed by atoms with Gasteiger partial charge < -0.3 is 10.4 Å². The number of nitrogens with zero attached hydrogens (tertiary/aromatic N) is 1. The van der Waals surface area contributed by atoms with E-state index in [-0.39, 0.29) is 17.7 Å². The minimum absolute atomic E-state index is 0.115. The van der Waals surface area contributed by atoms with E-state index >= 15 is 0 Å². The van der Waals surface area contributed by atoms with E-state index < -0.39 is 5.97 Å². The highest BCUT2D eigenvalue weighted by atomic mass is 79.9. The average molecular weight is 327 g/mol. The van der Waals surface area contributed by atoms with Gasteiger partial charge in [0.25, 0.3) is 0 Å². The van der Waals surface area contributed by atoms with Crippen molar-refractivity contribution < 1.29 is 14.7 Å². The Morgan fingerprint density at radius 2 is 2.05 bits per heavy atom. The molecule has 1 aromatic rings. The molecule has 0 aliphatic heterocycles. The molecule has 2 N–H and O–H groups in total. The summed E-state index contributed by atoms with van der Waals surface area (Å²) in [5.41, 5.74) is 1.41. The Bertz CT molecular complexity index is 519. The van der Waals surface area contributed by atoms with E-state index in [4.69, 9.17) is 5.11 Å². The fourth-order valence-corrected chi connectivity index (χ4v) is 2.74. The summed E-state index contributed by atoms with van der Waals surface area (Å²) in [6.07, 6.45) is 1.63. The number of aromatic nitrogens is 1. The number of carboxylic acids is 1. The number of aryl methyl sites for hydroxylation is 1. The predicted molar refractivity (Wildman–Crippen MR) is 73.8 cm³/mol. The van der Waals surface area contributed by atoms with Crippen LogP contribution in [0.2, 0.25) is 0 Å². The second-order valence-electron chi connectivity index (χ2n) is 4.80. The molecule has 0 bridgehead atoms. The van der Waals surface area contributed by atoms with E-state index in [1.54, 1.807) is 12.1 Å². The molecule has 19 heavy (non-hydrogen) atoms. The number of carboxylic acid groups (broad SMARTS) is 1. The van der Waals surface area contributed by atoms with Gasteiger partial charge in [0.1, 0.15) is 4.60 Å². The number of carbonyl (C=O) groups is 2. The number of nitrogens with one attached hydrogen (secondary N) is 1. The van der Waals surface area contributed by atoms with Crippen LogP contribution in [-0.2, 0) is 9.59 Å². The van der Waals surface area contributed by atoms with Gasteiger partial charge in [0.05, 0.1) is 17.3 Å². The number of rotatable bonds is 3. The van der Waals surface area contributed by atoms with Crippen molar-refractivity contribution in [2.24, 2.45) is 11.8 Å². The molecule has 0 saturated heterocycles. The first-order valence-corrected chi connectivity index (χ1v) is 6.93. The van der Waals surface area contributed by atoms with Gasteiger partial charge in [-0.1, -0.05) is 0 Å². The van der Waals surface area contributed by atoms with Crippen molar-refractivity contribution in [3.63, 3.8) is 0 Å². The van der Waals surface area contributed by atoms with E-state index in [2.05, 4.69) is 26.2 Å². The molecule has 1 amide bonds. The van der Waals surface area contributed by atoms with Crippen molar-refractivity contribution in [1.82, 2.24) is 4.98 Å². The Labute approximate surface area is 119 Å². The molecule has 1 saturated carbocycles. The smallest absolute Gasteiger partial charge is 0.306 e. The van der Waals surface area contributed by atoms with E-state index in [9.17, 15) is 9.59 Å². The van der Waals surface area contributed by atoms with Gasteiger partial charge in [0.15, 0.2) is 0 Å². The first-order chi connectivity index (χ1) is 8.97. The Morgan fingerprint density at radius 1 is 1.37 bits per heavy atom. The summed E-state index contributed by atoms with van der Waals surface area (Å²) in [6, 6.07) is 3.55. The molecule has 102 valence electrons. The molecule has 1 aliphatic carbocycles. The summed E-state index contributed by atoms with van der Waals surface area (Å²) in [4.78, 5) is 27.2. The van der Waals surface area contributed by atoms with Crippen LogP contribution in [0.4, 0.5) is 5.69 Å². The number of carbonyl (C=O) groups excluding carboxylic acids is 1. The van der Waals surface area contributed by atoms with Gasteiger partial charge >= 0.3 is 5.97 Å². The zero-order chi connectivity index (χ0) is 14.0. The fourth-order valence-electron chi connectivity index (χ4n) is 2.34. The topological polar surface area (TPSA) is 79.3 Å². The maximum Gasteiger partial charge on any atom is 0.306 e. The Hall–Kier alpha value is -1.43. The molecule has 0 aromatic carbocycles. The normalized spacial score (nSPS) is 22.2. The van der Waals surface area contributed by atoms with Crippen LogP contribution >= 0.6 is 15.9 Å². The average Bonchev–Trinajstić information content (AvgIpc) is 2.82. The van der Waals surface area contributed by atoms with E-state index in [0.717, 1.165) is 10.3 Å². The molecule has 1 heterocycles. The van der Waals surface area contributed by atoms with Crippen LogP contribution in [0.25, 0.3) is 0 Å². The van der Waals surface area contributed by atoms with Crippen LogP contribution in [0.15, 0.2) is 16.7 Å². The molecular formula is C13H15BrN2O3. The van der Waals surface area contributed by atoms with Crippen molar-refractivity contribution in [1.29, 1.82) is 0 Å². The summed E-state index contributed by atoms with van der Waals surface area (Å²) in [6.45, 7) is 1.81. The van der Waals surface area contributed by atoms with Gasteiger partial charge in [-0.3, -0.25) is 9.59 Å².